The second-order valence-electron chi connectivity index (χ2n) is 6.71. The molecule has 1 saturated heterocycles. The van der Waals surface area contributed by atoms with Gasteiger partial charge in [-0.2, -0.15) is 0 Å². The maximum Gasteiger partial charge on any atom is 0.269 e. The Morgan fingerprint density at radius 1 is 1.21 bits per heavy atom. The Hall–Kier alpha value is -1.51. The highest BCUT2D eigenvalue weighted by Gasteiger charge is 2.21. The zero-order valence-electron chi connectivity index (χ0n) is 14.1. The molecule has 2 rings (SSSR count). The molecule has 0 amide bonds. The fourth-order valence-electron chi connectivity index (χ4n) is 3.31. The first-order valence-electron chi connectivity index (χ1n) is 8.24. The molecule has 134 valence electrons. The van der Waals surface area contributed by atoms with Gasteiger partial charge in [0.05, 0.1) is 9.82 Å². The summed E-state index contributed by atoms with van der Waals surface area (Å²) in [4.78, 5) is 12.5. The third kappa shape index (κ3) is 5.25. The quantitative estimate of drug-likeness (QED) is 0.460. The number of sulfonamides is 1. The lowest BCUT2D eigenvalue weighted by atomic mass is 9.92. The van der Waals surface area contributed by atoms with E-state index in [-0.39, 0.29) is 10.6 Å². The Bertz CT molecular complexity index is 650. The third-order valence-corrected chi connectivity index (χ3v) is 5.72. The summed E-state index contributed by atoms with van der Waals surface area (Å²) in [6.45, 7) is 7.87. The molecule has 1 aliphatic rings. The smallest absolute Gasteiger partial charge is 0.269 e. The lowest BCUT2D eigenvalue weighted by molar-refractivity contribution is -0.384. The van der Waals surface area contributed by atoms with Crippen molar-refractivity contribution < 1.29 is 13.3 Å². The van der Waals surface area contributed by atoms with Crippen LogP contribution in [0, 0.1) is 22.0 Å². The number of benzene rings is 1. The van der Waals surface area contributed by atoms with Gasteiger partial charge in [0.2, 0.25) is 10.0 Å². The molecule has 0 radical (unpaired) electrons. The van der Waals surface area contributed by atoms with Crippen LogP contribution >= 0.6 is 0 Å². The second-order valence-corrected chi connectivity index (χ2v) is 8.47. The van der Waals surface area contributed by atoms with Gasteiger partial charge in [-0.3, -0.25) is 10.1 Å². The van der Waals surface area contributed by atoms with Crippen LogP contribution in [-0.2, 0) is 10.0 Å². The highest BCUT2D eigenvalue weighted by molar-refractivity contribution is 7.89. The molecule has 24 heavy (non-hydrogen) atoms. The molecular weight excluding hydrogens is 330 g/mol. The average Bonchev–Trinajstić information content (AvgIpc) is 2.51. The van der Waals surface area contributed by atoms with Gasteiger partial charge in [0, 0.05) is 31.8 Å². The molecule has 1 aliphatic heterocycles. The minimum atomic E-state index is -3.62. The van der Waals surface area contributed by atoms with Crippen LogP contribution in [-0.4, -0.2) is 44.4 Å². The Balaban J connectivity index is 1.81. The summed E-state index contributed by atoms with van der Waals surface area (Å²) in [5.74, 6) is 1.37. The van der Waals surface area contributed by atoms with Crippen molar-refractivity contribution in [1.29, 1.82) is 0 Å². The predicted octanol–water partition coefficient (Wildman–Crippen LogP) is 2.24. The van der Waals surface area contributed by atoms with Gasteiger partial charge < -0.3 is 4.90 Å². The zero-order valence-corrected chi connectivity index (χ0v) is 15.0. The molecule has 2 atom stereocenters. The number of rotatable bonds is 7. The van der Waals surface area contributed by atoms with E-state index >= 15 is 0 Å². The number of nitrogens with one attached hydrogen (secondary N) is 1. The molecule has 0 spiro atoms. The Morgan fingerprint density at radius 2 is 1.79 bits per heavy atom. The van der Waals surface area contributed by atoms with Gasteiger partial charge >= 0.3 is 0 Å². The molecule has 7 nitrogen and oxygen atoms in total. The number of hydrogen-bond donors (Lipinski definition) is 1. The Labute approximate surface area is 143 Å². The van der Waals surface area contributed by atoms with Crippen molar-refractivity contribution in [3.8, 4) is 0 Å². The maximum atomic E-state index is 12.2. The van der Waals surface area contributed by atoms with E-state index in [1.807, 2.05) is 0 Å². The van der Waals surface area contributed by atoms with Crippen LogP contribution in [0.1, 0.15) is 26.7 Å². The third-order valence-electron chi connectivity index (χ3n) is 4.25. The molecule has 0 aromatic heterocycles. The lowest BCUT2D eigenvalue weighted by Crippen LogP contribution is -2.40. The van der Waals surface area contributed by atoms with Crippen LogP contribution in [0.2, 0.25) is 0 Å². The molecule has 0 unspecified atom stereocenters. The monoisotopic (exact) mass is 355 g/mol. The molecule has 1 aromatic rings. The number of piperidine rings is 1. The van der Waals surface area contributed by atoms with Gasteiger partial charge in [-0.05, 0) is 43.4 Å². The van der Waals surface area contributed by atoms with Crippen molar-refractivity contribution in [2.45, 2.75) is 31.6 Å². The highest BCUT2D eigenvalue weighted by atomic mass is 32.2. The van der Waals surface area contributed by atoms with E-state index in [4.69, 9.17) is 0 Å². The summed E-state index contributed by atoms with van der Waals surface area (Å²) in [5.41, 5.74) is -0.123. The number of nitro benzene ring substituents is 1. The van der Waals surface area contributed by atoms with E-state index in [1.54, 1.807) is 0 Å². The first-order chi connectivity index (χ1) is 11.3. The second kappa shape index (κ2) is 8.04. The summed E-state index contributed by atoms with van der Waals surface area (Å²) >= 11 is 0. The van der Waals surface area contributed by atoms with Crippen LogP contribution in [0.15, 0.2) is 29.2 Å². The molecular formula is C16H25N3O4S. The Kier molecular flexibility index (Phi) is 6.31. The van der Waals surface area contributed by atoms with Gasteiger partial charge in [-0.25, -0.2) is 13.1 Å². The van der Waals surface area contributed by atoms with Gasteiger partial charge in [-0.15, -0.1) is 0 Å². The minimum absolute atomic E-state index is 0.0494. The largest absolute Gasteiger partial charge is 0.303 e. The topological polar surface area (TPSA) is 92.6 Å². The Morgan fingerprint density at radius 3 is 2.33 bits per heavy atom. The number of hydrogen-bond acceptors (Lipinski definition) is 5. The summed E-state index contributed by atoms with van der Waals surface area (Å²) in [6, 6.07) is 4.92. The number of likely N-dealkylation sites (tertiary alicyclic amines) is 1. The molecule has 1 aromatic carbocycles. The fraction of sp³-hybridized carbons (Fsp3) is 0.625. The van der Waals surface area contributed by atoms with Crippen LogP contribution in [0.25, 0.3) is 0 Å². The van der Waals surface area contributed by atoms with Crippen molar-refractivity contribution >= 4 is 15.7 Å². The van der Waals surface area contributed by atoms with E-state index in [2.05, 4.69) is 23.5 Å². The number of nitro groups is 1. The summed E-state index contributed by atoms with van der Waals surface area (Å²) in [6.07, 6.45) is 1.99. The zero-order chi connectivity index (χ0) is 17.7. The van der Waals surface area contributed by atoms with E-state index in [9.17, 15) is 18.5 Å². The van der Waals surface area contributed by atoms with Crippen LogP contribution in [0.4, 0.5) is 5.69 Å². The molecule has 0 bridgehead atoms. The van der Waals surface area contributed by atoms with Gasteiger partial charge in [0.15, 0.2) is 0 Å². The van der Waals surface area contributed by atoms with Crippen molar-refractivity contribution in [2.24, 2.45) is 11.8 Å². The molecule has 0 saturated carbocycles. The highest BCUT2D eigenvalue weighted by Crippen LogP contribution is 2.21. The number of nitrogens with zero attached hydrogens (tertiary/aromatic N) is 2. The van der Waals surface area contributed by atoms with E-state index in [0.29, 0.717) is 18.4 Å². The first-order valence-corrected chi connectivity index (χ1v) is 9.72. The van der Waals surface area contributed by atoms with E-state index in [1.165, 1.54) is 30.7 Å². The standard InChI is InChI=1S/C16H25N3O4S/c1-13-10-14(2)12-18(11-13)9-3-8-17-24(22,23)16-6-4-15(5-7-16)19(20)21/h4-7,13-14,17H,3,8-12H2,1-2H3/t13-,14-/m0/s1. The van der Waals surface area contributed by atoms with E-state index in [0.717, 1.165) is 26.1 Å². The average molecular weight is 355 g/mol. The van der Waals surface area contributed by atoms with Crippen molar-refractivity contribution in [1.82, 2.24) is 9.62 Å². The van der Waals surface area contributed by atoms with Crippen molar-refractivity contribution in [2.75, 3.05) is 26.2 Å². The lowest BCUT2D eigenvalue weighted by Gasteiger charge is -2.34. The van der Waals surface area contributed by atoms with Crippen LogP contribution in [0.5, 0.6) is 0 Å². The molecule has 1 heterocycles. The summed E-state index contributed by atoms with van der Waals surface area (Å²) in [7, 11) is -3.62. The van der Waals surface area contributed by atoms with Gasteiger partial charge in [0.1, 0.15) is 0 Å². The van der Waals surface area contributed by atoms with Crippen molar-refractivity contribution in [3.63, 3.8) is 0 Å². The van der Waals surface area contributed by atoms with Crippen LogP contribution < -0.4 is 4.72 Å². The molecule has 0 aliphatic carbocycles. The van der Waals surface area contributed by atoms with Gasteiger partial charge in [-0.1, -0.05) is 13.8 Å². The predicted molar refractivity (Wildman–Crippen MR) is 92.3 cm³/mol. The molecule has 1 fully saturated rings. The fourth-order valence-corrected chi connectivity index (χ4v) is 4.39. The van der Waals surface area contributed by atoms with Crippen molar-refractivity contribution in [3.05, 3.63) is 34.4 Å². The minimum Gasteiger partial charge on any atom is -0.303 e. The van der Waals surface area contributed by atoms with E-state index < -0.39 is 14.9 Å². The normalized spacial score (nSPS) is 22.4. The SMILES string of the molecule is C[C@H]1C[C@H](C)CN(CCCNS(=O)(=O)c2ccc([N+](=O)[O-])cc2)C1. The summed E-state index contributed by atoms with van der Waals surface area (Å²) < 4.78 is 26.9. The maximum absolute atomic E-state index is 12.2. The molecule has 1 N–H and O–H groups in total. The first kappa shape index (κ1) is 18.8. The van der Waals surface area contributed by atoms with Crippen LogP contribution in [0.3, 0.4) is 0 Å². The molecule has 8 heteroatoms. The van der Waals surface area contributed by atoms with Gasteiger partial charge in [0.25, 0.3) is 5.69 Å². The summed E-state index contributed by atoms with van der Waals surface area (Å²) in [5, 5.41) is 10.6. The number of non-ortho nitro benzene ring substituents is 1.